The zero-order chi connectivity index (χ0) is 33.6. The molecule has 0 saturated carbocycles. The van der Waals surface area contributed by atoms with Gasteiger partial charge in [-0.25, -0.2) is 9.59 Å². The number of aldehydes is 1. The Bertz CT molecular complexity index is 1420. The van der Waals surface area contributed by atoms with Crippen molar-refractivity contribution in [3.63, 3.8) is 0 Å². The minimum Gasteiger partial charge on any atom is -0.465 e. The molecule has 1 atom stereocenters. The largest absolute Gasteiger partial charge is 0.465 e. The second-order valence-corrected chi connectivity index (χ2v) is 15.9. The standard InChI is InChI=1S/C37H52N4O5S/c1-37(2,3)46-36(44)38-31-15-21-41(22-16-31)47(5)33-8-6-7-29(24-33)28-13-17-39(18-14-28)25-27-11-19-40(20-12-27)32-9-10-34(35(43)45-4)30(23-32)26-42/h6-10,23-24,26-28,31H,5,11-22,25H2,1-4H3,(H,38,44). The second kappa shape index (κ2) is 15.8. The van der Waals surface area contributed by atoms with E-state index in [0.29, 0.717) is 23.0 Å². The number of likely N-dealkylation sites (tertiary alicyclic amines) is 1. The number of rotatable bonds is 9. The molecule has 47 heavy (non-hydrogen) atoms. The SMILES string of the molecule is C=S(c1cccc(C2CCN(CC3CCN(c4ccc(C(=O)OC)c(C=O)c4)CC3)CC2)c1)N1CCC(NC(=O)OC(C)(C)C)CC1. The van der Waals surface area contributed by atoms with Gasteiger partial charge in [0.25, 0.3) is 0 Å². The van der Waals surface area contributed by atoms with Gasteiger partial charge in [0, 0.05) is 54.9 Å². The van der Waals surface area contributed by atoms with Crippen molar-refractivity contribution in [1.29, 1.82) is 0 Å². The maximum absolute atomic E-state index is 12.2. The lowest BCUT2D eigenvalue weighted by molar-refractivity contribution is 0.0489. The van der Waals surface area contributed by atoms with Crippen LogP contribution in [0.2, 0.25) is 0 Å². The first-order valence-electron chi connectivity index (χ1n) is 17.1. The molecule has 3 aliphatic heterocycles. The zero-order valence-electron chi connectivity index (χ0n) is 28.5. The summed E-state index contributed by atoms with van der Waals surface area (Å²) in [7, 11) is 1.10. The molecule has 2 aromatic carbocycles. The van der Waals surface area contributed by atoms with E-state index < -0.39 is 11.6 Å². The van der Waals surface area contributed by atoms with Crippen LogP contribution in [0.25, 0.3) is 0 Å². The van der Waals surface area contributed by atoms with Gasteiger partial charge in [-0.05, 0) is 120 Å². The average molecular weight is 665 g/mol. The van der Waals surface area contributed by atoms with Crippen molar-refractivity contribution in [2.75, 3.05) is 57.8 Å². The van der Waals surface area contributed by atoms with Gasteiger partial charge in [-0.15, -0.1) is 0 Å². The quantitative estimate of drug-likeness (QED) is 0.189. The minimum absolute atomic E-state index is 0.144. The lowest BCUT2D eigenvalue weighted by atomic mass is 9.88. The molecule has 2 aromatic rings. The fourth-order valence-electron chi connectivity index (χ4n) is 7.09. The number of hydrogen-bond donors (Lipinski definition) is 1. The Hall–Kier alpha value is -3.21. The van der Waals surface area contributed by atoms with Crippen LogP contribution in [0, 0.1) is 5.92 Å². The highest BCUT2D eigenvalue weighted by Gasteiger charge is 2.28. The summed E-state index contributed by atoms with van der Waals surface area (Å²) in [6.45, 7) is 12.8. The number of esters is 1. The number of alkyl carbamates (subject to hydrolysis) is 1. The lowest BCUT2D eigenvalue weighted by Gasteiger charge is -2.38. The monoisotopic (exact) mass is 664 g/mol. The first kappa shape index (κ1) is 35.1. The highest BCUT2D eigenvalue weighted by Crippen LogP contribution is 2.36. The van der Waals surface area contributed by atoms with Crippen molar-refractivity contribution < 1.29 is 23.9 Å². The van der Waals surface area contributed by atoms with E-state index >= 15 is 0 Å². The molecule has 5 rings (SSSR count). The molecular weight excluding hydrogens is 612 g/mol. The number of amides is 1. The fraction of sp³-hybridized carbons (Fsp3) is 0.568. The Morgan fingerprint density at radius 3 is 2.30 bits per heavy atom. The maximum Gasteiger partial charge on any atom is 0.407 e. The third-order valence-electron chi connectivity index (χ3n) is 9.74. The van der Waals surface area contributed by atoms with Crippen molar-refractivity contribution in [3.05, 3.63) is 59.2 Å². The topological polar surface area (TPSA) is 91.4 Å². The Morgan fingerprint density at radius 2 is 1.66 bits per heavy atom. The van der Waals surface area contributed by atoms with Crippen LogP contribution in [-0.4, -0.2) is 98.0 Å². The van der Waals surface area contributed by atoms with Crippen LogP contribution in [0.5, 0.6) is 0 Å². The van der Waals surface area contributed by atoms with Crippen LogP contribution in [0.3, 0.4) is 0 Å². The Kier molecular flexibility index (Phi) is 11.8. The molecular formula is C37H52N4O5S. The van der Waals surface area contributed by atoms with E-state index in [9.17, 15) is 14.4 Å². The maximum atomic E-state index is 12.2. The Balaban J connectivity index is 1.05. The van der Waals surface area contributed by atoms with E-state index in [2.05, 4.69) is 49.6 Å². The summed E-state index contributed by atoms with van der Waals surface area (Å²) >= 11 is 0. The van der Waals surface area contributed by atoms with E-state index in [4.69, 9.17) is 9.47 Å². The number of carbonyl (C=O) groups excluding carboxylic acids is 3. The average Bonchev–Trinajstić information content (AvgIpc) is 3.07. The summed E-state index contributed by atoms with van der Waals surface area (Å²) in [6, 6.07) is 14.7. The normalized spacial score (nSPS) is 20.0. The molecule has 3 fully saturated rings. The first-order valence-corrected chi connectivity index (χ1v) is 18.4. The van der Waals surface area contributed by atoms with Gasteiger partial charge in [0.15, 0.2) is 6.29 Å². The highest BCUT2D eigenvalue weighted by atomic mass is 32.2. The summed E-state index contributed by atoms with van der Waals surface area (Å²) in [5.41, 5.74) is 2.64. The van der Waals surface area contributed by atoms with Gasteiger partial charge in [-0.2, -0.15) is 0 Å². The van der Waals surface area contributed by atoms with Crippen molar-refractivity contribution in [2.24, 2.45) is 5.92 Å². The van der Waals surface area contributed by atoms with E-state index in [1.807, 2.05) is 32.9 Å². The number of ether oxygens (including phenoxy) is 2. The summed E-state index contributed by atoms with van der Waals surface area (Å²) in [5.74, 6) is 5.34. The summed E-state index contributed by atoms with van der Waals surface area (Å²) in [5, 5.41) is 3.04. The first-order chi connectivity index (χ1) is 22.5. The molecule has 1 amide bonds. The summed E-state index contributed by atoms with van der Waals surface area (Å²) < 4.78 is 12.7. The van der Waals surface area contributed by atoms with Crippen molar-refractivity contribution in [3.8, 4) is 0 Å². The predicted molar refractivity (Wildman–Crippen MR) is 190 cm³/mol. The van der Waals surface area contributed by atoms with E-state index in [1.165, 1.54) is 30.4 Å². The predicted octanol–water partition coefficient (Wildman–Crippen LogP) is 6.35. The summed E-state index contributed by atoms with van der Waals surface area (Å²) in [4.78, 5) is 42.0. The van der Waals surface area contributed by atoms with E-state index in [0.717, 1.165) is 83.5 Å². The van der Waals surface area contributed by atoms with Crippen LogP contribution >= 0.6 is 10.7 Å². The van der Waals surface area contributed by atoms with Crippen molar-refractivity contribution in [1.82, 2.24) is 14.5 Å². The van der Waals surface area contributed by atoms with Crippen LogP contribution in [-0.2, 0) is 9.47 Å². The van der Waals surface area contributed by atoms with Crippen LogP contribution < -0.4 is 10.2 Å². The fourth-order valence-corrected chi connectivity index (χ4v) is 8.54. The van der Waals surface area contributed by atoms with Crippen molar-refractivity contribution >= 4 is 40.6 Å². The van der Waals surface area contributed by atoms with Gasteiger partial charge in [-0.1, -0.05) is 28.7 Å². The van der Waals surface area contributed by atoms with Gasteiger partial charge >= 0.3 is 12.1 Å². The zero-order valence-corrected chi connectivity index (χ0v) is 29.4. The number of methoxy groups -OCH3 is 1. The molecule has 256 valence electrons. The van der Waals surface area contributed by atoms with Crippen LogP contribution in [0.1, 0.15) is 91.5 Å². The van der Waals surface area contributed by atoms with Gasteiger partial charge in [0.2, 0.25) is 0 Å². The Labute approximate surface area is 283 Å². The van der Waals surface area contributed by atoms with E-state index in [-0.39, 0.29) is 22.8 Å². The number of hydrogen-bond acceptors (Lipinski definition) is 8. The highest BCUT2D eigenvalue weighted by molar-refractivity contribution is 8.12. The van der Waals surface area contributed by atoms with E-state index in [1.54, 1.807) is 6.07 Å². The molecule has 3 heterocycles. The van der Waals surface area contributed by atoms with Gasteiger partial charge in [-0.3, -0.25) is 9.10 Å². The number of carbonyl (C=O) groups is 3. The molecule has 0 aromatic heterocycles. The molecule has 10 heteroatoms. The third kappa shape index (κ3) is 9.45. The molecule has 1 unspecified atom stereocenters. The molecule has 3 saturated heterocycles. The molecule has 0 bridgehead atoms. The molecule has 1 N–H and O–H groups in total. The van der Waals surface area contributed by atoms with Crippen molar-refractivity contribution in [2.45, 2.75) is 81.8 Å². The molecule has 0 aliphatic carbocycles. The number of piperidine rings is 3. The number of nitrogens with zero attached hydrogens (tertiary/aromatic N) is 3. The number of anilines is 1. The van der Waals surface area contributed by atoms with Crippen LogP contribution in [0.4, 0.5) is 10.5 Å². The molecule has 3 aliphatic rings. The minimum atomic E-state index is -0.486. The number of nitrogens with one attached hydrogen (secondary N) is 1. The second-order valence-electron chi connectivity index (χ2n) is 14.2. The molecule has 0 radical (unpaired) electrons. The van der Waals surface area contributed by atoms with Gasteiger partial charge in [0.05, 0.1) is 12.7 Å². The third-order valence-corrected chi connectivity index (χ3v) is 11.5. The van der Waals surface area contributed by atoms with Gasteiger partial charge in [0.1, 0.15) is 5.60 Å². The summed E-state index contributed by atoms with van der Waals surface area (Å²) in [6.07, 6.45) is 6.81. The lowest BCUT2D eigenvalue weighted by Crippen LogP contribution is -2.44. The molecule has 0 spiro atoms. The van der Waals surface area contributed by atoms with Crippen LogP contribution in [0.15, 0.2) is 47.4 Å². The smallest absolute Gasteiger partial charge is 0.407 e. The molecule has 9 nitrogen and oxygen atoms in total. The number of benzene rings is 2. The van der Waals surface area contributed by atoms with Gasteiger partial charge < -0.3 is 24.6 Å². The Morgan fingerprint density at radius 1 is 0.957 bits per heavy atom.